The quantitative estimate of drug-likeness (QED) is 0.650. The fourth-order valence-corrected chi connectivity index (χ4v) is 2.95. The zero-order chi connectivity index (χ0) is 22.3. The fourth-order valence-electron chi connectivity index (χ4n) is 2.95. The highest BCUT2D eigenvalue weighted by atomic mass is 16.6. The van der Waals surface area contributed by atoms with E-state index in [1.807, 2.05) is 64.1 Å². The van der Waals surface area contributed by atoms with Crippen LogP contribution in [0, 0.1) is 27.7 Å². The van der Waals surface area contributed by atoms with Crippen LogP contribution in [-0.2, 0) is 19.1 Å². The Morgan fingerprint density at radius 2 is 1.43 bits per heavy atom. The zero-order valence-electron chi connectivity index (χ0n) is 18.0. The molecule has 2 N–H and O–H groups in total. The average Bonchev–Trinajstić information content (AvgIpc) is 2.68. The van der Waals surface area contributed by atoms with Gasteiger partial charge in [-0.15, -0.1) is 0 Å². The lowest BCUT2D eigenvalue weighted by atomic mass is 10.1. The third kappa shape index (κ3) is 6.34. The molecule has 2 rings (SSSR count). The summed E-state index contributed by atoms with van der Waals surface area (Å²) in [7, 11) is 0. The molecule has 0 spiro atoms. The molecule has 7 heteroatoms. The molecule has 0 aliphatic carbocycles. The van der Waals surface area contributed by atoms with Crippen LogP contribution in [-0.4, -0.2) is 37.0 Å². The van der Waals surface area contributed by atoms with E-state index in [1.54, 1.807) is 0 Å². The van der Waals surface area contributed by atoms with E-state index >= 15 is 0 Å². The van der Waals surface area contributed by atoms with Crippen molar-refractivity contribution in [2.24, 2.45) is 0 Å². The zero-order valence-corrected chi connectivity index (χ0v) is 18.0. The first-order valence-electron chi connectivity index (χ1n) is 9.71. The van der Waals surface area contributed by atoms with Crippen LogP contribution in [0.4, 0.5) is 5.69 Å². The molecule has 2 amide bonds. The molecular formula is C23H28N2O5. The van der Waals surface area contributed by atoms with Crippen molar-refractivity contribution in [3.05, 3.63) is 58.7 Å². The van der Waals surface area contributed by atoms with Crippen molar-refractivity contribution in [2.45, 2.75) is 40.7 Å². The first-order valence-corrected chi connectivity index (χ1v) is 9.71. The van der Waals surface area contributed by atoms with Crippen molar-refractivity contribution >= 4 is 23.5 Å². The summed E-state index contributed by atoms with van der Waals surface area (Å²) in [6.07, 6.45) is -1.05. The minimum atomic E-state index is -1.05. The van der Waals surface area contributed by atoms with Gasteiger partial charge < -0.3 is 20.1 Å². The molecule has 0 heterocycles. The molecule has 7 nitrogen and oxygen atoms in total. The van der Waals surface area contributed by atoms with Crippen LogP contribution in [0.3, 0.4) is 0 Å². The first-order chi connectivity index (χ1) is 14.2. The van der Waals surface area contributed by atoms with Gasteiger partial charge in [-0.2, -0.15) is 0 Å². The van der Waals surface area contributed by atoms with Crippen molar-refractivity contribution < 1.29 is 23.9 Å². The topological polar surface area (TPSA) is 93.7 Å². The van der Waals surface area contributed by atoms with Gasteiger partial charge in [-0.25, -0.2) is 4.79 Å². The molecule has 2 aromatic carbocycles. The van der Waals surface area contributed by atoms with Gasteiger partial charge in [0.1, 0.15) is 5.75 Å². The second-order valence-electron chi connectivity index (χ2n) is 7.17. The van der Waals surface area contributed by atoms with Gasteiger partial charge in [0.25, 0.3) is 5.91 Å². The highest BCUT2D eigenvalue weighted by Crippen LogP contribution is 2.22. The lowest BCUT2D eigenvalue weighted by Crippen LogP contribution is -2.40. The average molecular weight is 412 g/mol. The monoisotopic (exact) mass is 412 g/mol. The number of amides is 2. The SMILES string of the molecule is Cc1cccc(C)c1NC(=O)CNC(=O)C(C)OC(=O)COc1c(C)cccc1C. The van der Waals surface area contributed by atoms with E-state index in [0.717, 1.165) is 27.9 Å². The number of anilines is 1. The number of nitrogens with one attached hydrogen (secondary N) is 2. The number of hydrogen-bond donors (Lipinski definition) is 2. The van der Waals surface area contributed by atoms with E-state index in [2.05, 4.69) is 10.6 Å². The minimum absolute atomic E-state index is 0.229. The van der Waals surface area contributed by atoms with Gasteiger partial charge in [0.15, 0.2) is 12.7 Å². The van der Waals surface area contributed by atoms with Gasteiger partial charge in [-0.05, 0) is 56.9 Å². The van der Waals surface area contributed by atoms with Gasteiger partial charge >= 0.3 is 5.97 Å². The number of benzene rings is 2. The van der Waals surface area contributed by atoms with E-state index in [0.29, 0.717) is 5.75 Å². The Morgan fingerprint density at radius 3 is 2.00 bits per heavy atom. The number of aryl methyl sites for hydroxylation is 4. The standard InChI is InChI=1S/C23H28N2O5/c1-14-8-6-9-15(2)21(14)25-19(26)12-24-23(28)18(5)30-20(27)13-29-22-16(3)10-7-11-17(22)4/h6-11,18H,12-13H2,1-5H3,(H,24,28)(H,25,26). The van der Waals surface area contributed by atoms with Crippen LogP contribution in [0.5, 0.6) is 5.75 Å². The van der Waals surface area contributed by atoms with Crippen LogP contribution in [0.25, 0.3) is 0 Å². The third-order valence-electron chi connectivity index (χ3n) is 4.59. The van der Waals surface area contributed by atoms with Crippen LogP contribution in [0.15, 0.2) is 36.4 Å². The molecule has 0 aliphatic rings. The Morgan fingerprint density at radius 1 is 0.900 bits per heavy atom. The van der Waals surface area contributed by atoms with Crippen LogP contribution < -0.4 is 15.4 Å². The number of esters is 1. The molecule has 0 fully saturated rings. The molecule has 0 aliphatic heterocycles. The van der Waals surface area contributed by atoms with E-state index in [9.17, 15) is 14.4 Å². The van der Waals surface area contributed by atoms with Crippen molar-refractivity contribution in [1.29, 1.82) is 0 Å². The normalized spacial score (nSPS) is 11.4. The highest BCUT2D eigenvalue weighted by Gasteiger charge is 2.19. The maximum Gasteiger partial charge on any atom is 0.344 e. The number of ether oxygens (including phenoxy) is 2. The summed E-state index contributed by atoms with van der Waals surface area (Å²) >= 11 is 0. The Bertz CT molecular complexity index is 899. The summed E-state index contributed by atoms with van der Waals surface area (Å²) in [6, 6.07) is 11.4. The predicted molar refractivity (Wildman–Crippen MR) is 115 cm³/mol. The lowest BCUT2D eigenvalue weighted by molar-refractivity contribution is -0.156. The van der Waals surface area contributed by atoms with Gasteiger partial charge in [-0.1, -0.05) is 36.4 Å². The van der Waals surface area contributed by atoms with Crippen molar-refractivity contribution in [1.82, 2.24) is 5.32 Å². The molecule has 160 valence electrons. The summed E-state index contributed by atoms with van der Waals surface area (Å²) in [5.41, 5.74) is 4.40. The molecule has 0 saturated carbocycles. The molecule has 0 radical (unpaired) electrons. The number of carbonyl (C=O) groups is 3. The maximum atomic E-state index is 12.1. The molecule has 0 saturated heterocycles. The van der Waals surface area contributed by atoms with Gasteiger partial charge in [0.2, 0.25) is 5.91 Å². The Labute approximate surface area is 176 Å². The molecule has 0 aromatic heterocycles. The molecule has 1 atom stereocenters. The molecule has 0 bridgehead atoms. The van der Waals surface area contributed by atoms with Crippen LogP contribution in [0.2, 0.25) is 0 Å². The first kappa shape index (κ1) is 22.9. The Balaban J connectivity index is 1.78. The third-order valence-corrected chi connectivity index (χ3v) is 4.59. The summed E-state index contributed by atoms with van der Waals surface area (Å²) in [4.78, 5) is 36.3. The lowest BCUT2D eigenvalue weighted by Gasteiger charge is -2.16. The Hall–Kier alpha value is -3.35. The molecular weight excluding hydrogens is 384 g/mol. The van der Waals surface area contributed by atoms with Crippen molar-refractivity contribution in [3.8, 4) is 5.75 Å². The van der Waals surface area contributed by atoms with E-state index in [-0.39, 0.29) is 19.1 Å². The van der Waals surface area contributed by atoms with E-state index < -0.39 is 18.0 Å². The second-order valence-corrected chi connectivity index (χ2v) is 7.17. The van der Waals surface area contributed by atoms with Gasteiger partial charge in [-0.3, -0.25) is 9.59 Å². The molecule has 1 unspecified atom stereocenters. The smallest absolute Gasteiger partial charge is 0.344 e. The van der Waals surface area contributed by atoms with E-state index in [1.165, 1.54) is 6.92 Å². The number of carbonyl (C=O) groups excluding carboxylic acids is 3. The van der Waals surface area contributed by atoms with Crippen molar-refractivity contribution in [3.63, 3.8) is 0 Å². The summed E-state index contributed by atoms with van der Waals surface area (Å²) in [6.45, 7) is 8.45. The number of hydrogen-bond acceptors (Lipinski definition) is 5. The van der Waals surface area contributed by atoms with Crippen LogP contribution >= 0.6 is 0 Å². The summed E-state index contributed by atoms with van der Waals surface area (Å²) in [5, 5.41) is 5.25. The van der Waals surface area contributed by atoms with Gasteiger partial charge in [0, 0.05) is 5.69 Å². The molecule has 30 heavy (non-hydrogen) atoms. The van der Waals surface area contributed by atoms with Gasteiger partial charge in [0.05, 0.1) is 6.54 Å². The highest BCUT2D eigenvalue weighted by molar-refractivity contribution is 5.96. The largest absolute Gasteiger partial charge is 0.481 e. The number of rotatable bonds is 8. The Kier molecular flexibility index (Phi) is 7.98. The minimum Gasteiger partial charge on any atom is -0.481 e. The van der Waals surface area contributed by atoms with E-state index in [4.69, 9.17) is 9.47 Å². The molecule has 2 aromatic rings. The second kappa shape index (κ2) is 10.4. The van der Waals surface area contributed by atoms with Crippen molar-refractivity contribution in [2.75, 3.05) is 18.5 Å². The fraction of sp³-hybridized carbons (Fsp3) is 0.348. The maximum absolute atomic E-state index is 12.1. The predicted octanol–water partition coefficient (Wildman–Crippen LogP) is 2.99. The number of para-hydroxylation sites is 2. The summed E-state index contributed by atoms with van der Waals surface area (Å²) < 4.78 is 10.6. The summed E-state index contributed by atoms with van der Waals surface area (Å²) in [5.74, 6) is -0.972. The van der Waals surface area contributed by atoms with Crippen LogP contribution in [0.1, 0.15) is 29.2 Å².